The molecule has 0 aliphatic rings. The summed E-state index contributed by atoms with van der Waals surface area (Å²) < 4.78 is 0. The average molecular weight is 490 g/mol. The zero-order chi connectivity index (χ0) is 25.1. The van der Waals surface area contributed by atoms with E-state index in [2.05, 4.69) is 34.1 Å². The second-order valence-corrected chi connectivity index (χ2v) is 8.55. The molecule has 0 atom stereocenters. The van der Waals surface area contributed by atoms with E-state index in [1.54, 1.807) is 0 Å². The van der Waals surface area contributed by atoms with Crippen LogP contribution >= 0.6 is 0 Å². The SMILES string of the molecule is N.Nc1ccc(N(c2ccc(N)cc2)c2ccc(N(c3ccc(N)cc3)c3ccc(N)cc3)cc2)cc1. The summed E-state index contributed by atoms with van der Waals surface area (Å²) in [6.45, 7) is 0. The number of hydrogen-bond donors (Lipinski definition) is 5. The molecule has 0 spiro atoms. The van der Waals surface area contributed by atoms with Crippen molar-refractivity contribution in [1.82, 2.24) is 6.15 Å². The molecule has 0 saturated heterocycles. The second-order valence-electron chi connectivity index (χ2n) is 8.55. The molecule has 7 nitrogen and oxygen atoms in total. The molecule has 0 aromatic heterocycles. The van der Waals surface area contributed by atoms with E-state index in [0.717, 1.165) is 34.1 Å². The van der Waals surface area contributed by atoms with Crippen molar-refractivity contribution in [2.75, 3.05) is 32.7 Å². The van der Waals surface area contributed by atoms with Crippen molar-refractivity contribution in [2.45, 2.75) is 0 Å². The summed E-state index contributed by atoms with van der Waals surface area (Å²) in [5, 5.41) is 0. The first kappa shape index (κ1) is 25.0. The monoisotopic (exact) mass is 489 g/mol. The van der Waals surface area contributed by atoms with E-state index in [9.17, 15) is 0 Å². The Kier molecular flexibility index (Phi) is 7.18. The number of benzene rings is 5. The molecule has 0 amide bonds. The first-order chi connectivity index (χ1) is 17.5. The highest BCUT2D eigenvalue weighted by atomic mass is 15.2. The Morgan fingerprint density at radius 1 is 0.270 bits per heavy atom. The number of nitrogens with zero attached hydrogens (tertiary/aromatic N) is 2. The van der Waals surface area contributed by atoms with Crippen LogP contribution in [0.15, 0.2) is 121 Å². The van der Waals surface area contributed by atoms with Gasteiger partial charge < -0.3 is 38.9 Å². The molecule has 0 radical (unpaired) electrons. The van der Waals surface area contributed by atoms with Crippen molar-refractivity contribution < 1.29 is 0 Å². The summed E-state index contributed by atoms with van der Waals surface area (Å²) in [6, 6.07) is 39.7. The molecule has 5 rings (SSSR count). The third-order valence-corrected chi connectivity index (χ3v) is 5.97. The van der Waals surface area contributed by atoms with Gasteiger partial charge in [0, 0.05) is 56.9 Å². The molecule has 37 heavy (non-hydrogen) atoms. The van der Waals surface area contributed by atoms with E-state index in [-0.39, 0.29) is 6.15 Å². The molecule has 7 heteroatoms. The number of rotatable bonds is 6. The van der Waals surface area contributed by atoms with Gasteiger partial charge in [0.25, 0.3) is 0 Å². The van der Waals surface area contributed by atoms with Crippen LogP contribution in [-0.4, -0.2) is 0 Å². The quantitative estimate of drug-likeness (QED) is 0.160. The zero-order valence-electron chi connectivity index (χ0n) is 20.5. The highest BCUT2D eigenvalue weighted by Crippen LogP contribution is 2.39. The standard InChI is InChI=1S/C30H28N6.H3N/c31-21-1-9-25(10-2-21)35(26-11-3-22(32)4-12-26)29-17-19-30(20-18-29)36(27-13-5-23(33)6-14-27)28-15-7-24(34)8-16-28;/h1-20H,31-34H2;1H3. The molecule has 0 aliphatic carbocycles. The number of anilines is 10. The van der Waals surface area contributed by atoms with Crippen LogP contribution < -0.4 is 38.9 Å². The van der Waals surface area contributed by atoms with Gasteiger partial charge in [0.1, 0.15) is 0 Å². The maximum absolute atomic E-state index is 5.95. The van der Waals surface area contributed by atoms with Crippen LogP contribution in [0.4, 0.5) is 56.9 Å². The molecule has 0 unspecified atom stereocenters. The average Bonchev–Trinajstić information content (AvgIpc) is 2.90. The molecular formula is C30H31N7. The lowest BCUT2D eigenvalue weighted by Crippen LogP contribution is -2.12. The predicted molar refractivity (Wildman–Crippen MR) is 158 cm³/mol. The largest absolute Gasteiger partial charge is 0.399 e. The number of nitrogen functional groups attached to an aromatic ring is 4. The fraction of sp³-hybridized carbons (Fsp3) is 0. The van der Waals surface area contributed by atoms with Crippen LogP contribution in [0.2, 0.25) is 0 Å². The van der Waals surface area contributed by atoms with Crippen molar-refractivity contribution in [3.05, 3.63) is 121 Å². The lowest BCUT2D eigenvalue weighted by Gasteiger charge is -2.28. The summed E-state index contributed by atoms with van der Waals surface area (Å²) in [6.07, 6.45) is 0. The molecule has 11 N–H and O–H groups in total. The molecule has 0 aliphatic heterocycles. The lowest BCUT2D eigenvalue weighted by atomic mass is 10.1. The second kappa shape index (κ2) is 10.6. The number of nitrogens with two attached hydrogens (primary N) is 4. The summed E-state index contributed by atoms with van der Waals surface area (Å²) in [5.74, 6) is 0. The normalized spacial score (nSPS) is 10.4. The Hall–Kier alpha value is -5.14. The molecule has 0 saturated carbocycles. The van der Waals surface area contributed by atoms with Crippen LogP contribution in [0, 0.1) is 0 Å². The third-order valence-electron chi connectivity index (χ3n) is 5.97. The summed E-state index contributed by atoms with van der Waals surface area (Å²) in [7, 11) is 0. The predicted octanol–water partition coefficient (Wildman–Crippen LogP) is 7.12. The Morgan fingerprint density at radius 3 is 0.568 bits per heavy atom. The van der Waals surface area contributed by atoms with Gasteiger partial charge in [-0.2, -0.15) is 0 Å². The Balaban J connectivity index is 0.00000320. The molecule has 5 aromatic carbocycles. The minimum atomic E-state index is 0. The van der Waals surface area contributed by atoms with Gasteiger partial charge in [-0.15, -0.1) is 0 Å². The van der Waals surface area contributed by atoms with Crippen molar-refractivity contribution in [3.8, 4) is 0 Å². The van der Waals surface area contributed by atoms with Crippen LogP contribution in [-0.2, 0) is 0 Å². The van der Waals surface area contributed by atoms with Crippen LogP contribution in [0.1, 0.15) is 0 Å². The molecular weight excluding hydrogens is 458 g/mol. The van der Waals surface area contributed by atoms with Crippen molar-refractivity contribution in [1.29, 1.82) is 0 Å². The van der Waals surface area contributed by atoms with Crippen LogP contribution in [0.5, 0.6) is 0 Å². The highest BCUT2D eigenvalue weighted by Gasteiger charge is 2.16. The lowest BCUT2D eigenvalue weighted by molar-refractivity contribution is 1.26. The molecule has 0 fully saturated rings. The van der Waals surface area contributed by atoms with Crippen LogP contribution in [0.3, 0.4) is 0 Å². The van der Waals surface area contributed by atoms with Gasteiger partial charge >= 0.3 is 0 Å². The summed E-state index contributed by atoms with van der Waals surface area (Å²) >= 11 is 0. The Morgan fingerprint density at radius 2 is 0.405 bits per heavy atom. The topological polar surface area (TPSA) is 146 Å². The van der Waals surface area contributed by atoms with Gasteiger partial charge in [-0.05, 0) is 121 Å². The Labute approximate surface area is 217 Å². The highest BCUT2D eigenvalue weighted by molar-refractivity contribution is 5.82. The van der Waals surface area contributed by atoms with Gasteiger partial charge in [0.2, 0.25) is 0 Å². The Bertz CT molecular complexity index is 1220. The van der Waals surface area contributed by atoms with Crippen molar-refractivity contribution in [3.63, 3.8) is 0 Å². The third kappa shape index (κ3) is 5.42. The van der Waals surface area contributed by atoms with Gasteiger partial charge in [0.05, 0.1) is 0 Å². The van der Waals surface area contributed by atoms with E-state index in [1.807, 2.05) is 97.1 Å². The maximum atomic E-state index is 5.95. The molecule has 186 valence electrons. The van der Waals surface area contributed by atoms with Gasteiger partial charge in [-0.1, -0.05) is 0 Å². The van der Waals surface area contributed by atoms with E-state index in [4.69, 9.17) is 22.9 Å². The van der Waals surface area contributed by atoms with Gasteiger partial charge in [0.15, 0.2) is 0 Å². The summed E-state index contributed by atoms with van der Waals surface area (Å²) in [4.78, 5) is 4.33. The zero-order valence-corrected chi connectivity index (χ0v) is 20.5. The van der Waals surface area contributed by atoms with Gasteiger partial charge in [-0.3, -0.25) is 0 Å². The van der Waals surface area contributed by atoms with Crippen LogP contribution in [0.25, 0.3) is 0 Å². The van der Waals surface area contributed by atoms with Crippen molar-refractivity contribution in [2.24, 2.45) is 0 Å². The van der Waals surface area contributed by atoms with E-state index < -0.39 is 0 Å². The maximum Gasteiger partial charge on any atom is 0.0463 e. The summed E-state index contributed by atoms with van der Waals surface area (Å²) in [5.41, 5.74) is 32.7. The first-order valence-electron chi connectivity index (χ1n) is 11.6. The van der Waals surface area contributed by atoms with E-state index >= 15 is 0 Å². The van der Waals surface area contributed by atoms with E-state index in [0.29, 0.717) is 22.7 Å². The molecule has 0 bridgehead atoms. The van der Waals surface area contributed by atoms with Crippen molar-refractivity contribution >= 4 is 56.9 Å². The minimum absolute atomic E-state index is 0. The van der Waals surface area contributed by atoms with E-state index in [1.165, 1.54) is 0 Å². The molecule has 5 aromatic rings. The fourth-order valence-corrected chi connectivity index (χ4v) is 4.14. The smallest absolute Gasteiger partial charge is 0.0463 e. The fourth-order valence-electron chi connectivity index (χ4n) is 4.14. The number of hydrogen-bond acceptors (Lipinski definition) is 7. The molecule has 0 heterocycles. The van der Waals surface area contributed by atoms with Gasteiger partial charge in [-0.25, -0.2) is 0 Å². The first-order valence-corrected chi connectivity index (χ1v) is 11.6. The minimum Gasteiger partial charge on any atom is -0.399 e.